The highest BCUT2D eigenvalue weighted by atomic mass is 16.5. The molecular weight excluding hydrogens is 308 g/mol. The number of methoxy groups -OCH3 is 1. The molecule has 2 amide bonds. The maximum atomic E-state index is 12.3. The fourth-order valence-electron chi connectivity index (χ4n) is 2.19. The fourth-order valence-corrected chi connectivity index (χ4v) is 2.19. The summed E-state index contributed by atoms with van der Waals surface area (Å²) in [5.74, 6) is -0.0322. The van der Waals surface area contributed by atoms with Gasteiger partial charge in [-0.3, -0.25) is 10.1 Å². The largest absolute Gasteiger partial charge is 0.444 e. The first-order valence-electron chi connectivity index (χ1n) is 8.26. The lowest BCUT2D eigenvalue weighted by Gasteiger charge is -2.19. The van der Waals surface area contributed by atoms with Crippen LogP contribution >= 0.6 is 0 Å². The van der Waals surface area contributed by atoms with E-state index < -0.39 is 12.1 Å². The van der Waals surface area contributed by atoms with Crippen LogP contribution in [-0.4, -0.2) is 38.3 Å². The van der Waals surface area contributed by atoms with Crippen LogP contribution in [0.3, 0.4) is 0 Å². The van der Waals surface area contributed by atoms with Crippen molar-refractivity contribution in [1.82, 2.24) is 10.6 Å². The van der Waals surface area contributed by atoms with Crippen molar-refractivity contribution in [2.45, 2.75) is 39.3 Å². The molecule has 6 heteroatoms. The lowest BCUT2D eigenvalue weighted by Crippen LogP contribution is -2.47. The van der Waals surface area contributed by atoms with Crippen molar-refractivity contribution in [3.05, 3.63) is 35.9 Å². The molecule has 1 unspecified atom stereocenters. The van der Waals surface area contributed by atoms with Gasteiger partial charge in [-0.1, -0.05) is 44.2 Å². The van der Waals surface area contributed by atoms with Crippen molar-refractivity contribution >= 4 is 12.0 Å². The number of carbonyl (C=O) groups excluding carboxylic acids is 2. The summed E-state index contributed by atoms with van der Waals surface area (Å²) in [4.78, 5) is 24.0. The number of imide groups is 1. The molecule has 0 radical (unpaired) electrons. The van der Waals surface area contributed by atoms with E-state index in [0.29, 0.717) is 25.5 Å². The van der Waals surface area contributed by atoms with Gasteiger partial charge in [0.25, 0.3) is 0 Å². The van der Waals surface area contributed by atoms with E-state index in [1.165, 1.54) is 0 Å². The third kappa shape index (κ3) is 8.64. The summed E-state index contributed by atoms with van der Waals surface area (Å²) in [6.07, 6.45) is 0.720. The third-order valence-electron chi connectivity index (χ3n) is 3.38. The number of benzene rings is 1. The van der Waals surface area contributed by atoms with E-state index in [1.54, 1.807) is 7.11 Å². The molecule has 0 aromatic heterocycles. The van der Waals surface area contributed by atoms with Crippen LogP contribution in [0.25, 0.3) is 0 Å². The standard InChI is InChI=1S/C18H28N2O4/c1-14(2)12-16(19-10-7-11-23-3)17(21)20-18(22)24-13-15-8-5-4-6-9-15/h4-6,8-9,14,16,19H,7,10-13H2,1-3H3,(H,20,21,22). The molecule has 0 aliphatic rings. The van der Waals surface area contributed by atoms with Gasteiger partial charge in [0.05, 0.1) is 6.04 Å². The number of alkyl carbamates (subject to hydrolysis) is 1. The average Bonchev–Trinajstić information content (AvgIpc) is 2.56. The Bertz CT molecular complexity index is 491. The SMILES string of the molecule is COCCCNC(CC(C)C)C(=O)NC(=O)OCc1ccccc1. The Labute approximate surface area is 143 Å². The minimum Gasteiger partial charge on any atom is -0.444 e. The zero-order chi connectivity index (χ0) is 17.8. The molecule has 0 heterocycles. The predicted molar refractivity (Wildman–Crippen MR) is 92.5 cm³/mol. The number of hydrogen-bond donors (Lipinski definition) is 2. The summed E-state index contributed by atoms with van der Waals surface area (Å²) < 4.78 is 10.1. The highest BCUT2D eigenvalue weighted by Crippen LogP contribution is 2.06. The van der Waals surface area contributed by atoms with Crippen molar-refractivity contribution in [3.8, 4) is 0 Å². The molecule has 0 aliphatic heterocycles. The Morgan fingerprint density at radius 1 is 1.17 bits per heavy atom. The number of nitrogens with one attached hydrogen (secondary N) is 2. The number of carbonyl (C=O) groups is 2. The predicted octanol–water partition coefficient (Wildman–Crippen LogP) is 2.48. The van der Waals surface area contributed by atoms with E-state index in [2.05, 4.69) is 10.6 Å². The second-order valence-corrected chi connectivity index (χ2v) is 6.03. The molecule has 0 bridgehead atoms. The van der Waals surface area contributed by atoms with Crippen LogP contribution in [0.15, 0.2) is 30.3 Å². The maximum absolute atomic E-state index is 12.3. The van der Waals surface area contributed by atoms with Gasteiger partial charge in [0.15, 0.2) is 0 Å². The summed E-state index contributed by atoms with van der Waals surface area (Å²) >= 11 is 0. The second kappa shape index (κ2) is 11.6. The third-order valence-corrected chi connectivity index (χ3v) is 3.38. The fraction of sp³-hybridized carbons (Fsp3) is 0.556. The lowest BCUT2D eigenvalue weighted by atomic mass is 10.0. The summed E-state index contributed by atoms with van der Waals surface area (Å²) in [5, 5.41) is 5.47. The Balaban J connectivity index is 2.42. The summed E-state index contributed by atoms with van der Waals surface area (Å²) in [6.45, 7) is 5.48. The van der Waals surface area contributed by atoms with Gasteiger partial charge in [0.2, 0.25) is 5.91 Å². The number of hydrogen-bond acceptors (Lipinski definition) is 5. The van der Waals surface area contributed by atoms with Gasteiger partial charge >= 0.3 is 6.09 Å². The Morgan fingerprint density at radius 2 is 1.88 bits per heavy atom. The topological polar surface area (TPSA) is 76.7 Å². The molecule has 134 valence electrons. The molecule has 1 aromatic carbocycles. The zero-order valence-electron chi connectivity index (χ0n) is 14.7. The molecule has 0 saturated carbocycles. The van der Waals surface area contributed by atoms with E-state index in [0.717, 1.165) is 12.0 Å². The number of rotatable bonds is 10. The smallest absolute Gasteiger partial charge is 0.414 e. The number of amides is 2. The molecule has 1 atom stereocenters. The van der Waals surface area contributed by atoms with Crippen molar-refractivity contribution in [1.29, 1.82) is 0 Å². The summed E-state index contributed by atoms with van der Waals surface area (Å²) in [5.41, 5.74) is 0.872. The Kier molecular flexibility index (Phi) is 9.72. The molecule has 0 fully saturated rings. The quantitative estimate of drug-likeness (QED) is 0.642. The van der Waals surface area contributed by atoms with Gasteiger partial charge in [0, 0.05) is 13.7 Å². The van der Waals surface area contributed by atoms with E-state index >= 15 is 0 Å². The van der Waals surface area contributed by atoms with Crippen molar-refractivity contribution in [2.75, 3.05) is 20.3 Å². The van der Waals surface area contributed by atoms with Gasteiger partial charge in [-0.2, -0.15) is 0 Å². The lowest BCUT2D eigenvalue weighted by molar-refractivity contribution is -0.122. The van der Waals surface area contributed by atoms with Gasteiger partial charge in [-0.25, -0.2) is 4.79 Å². The van der Waals surface area contributed by atoms with Gasteiger partial charge in [-0.05, 0) is 30.9 Å². The molecule has 1 rings (SSSR count). The average molecular weight is 336 g/mol. The van der Waals surface area contributed by atoms with E-state index in [1.807, 2.05) is 44.2 Å². The molecule has 1 aromatic rings. The van der Waals surface area contributed by atoms with Crippen LogP contribution in [0.2, 0.25) is 0 Å². The van der Waals surface area contributed by atoms with E-state index in [-0.39, 0.29) is 12.5 Å². The minimum atomic E-state index is -0.726. The maximum Gasteiger partial charge on any atom is 0.414 e. The Morgan fingerprint density at radius 3 is 2.50 bits per heavy atom. The molecule has 0 aliphatic carbocycles. The first-order valence-corrected chi connectivity index (χ1v) is 8.26. The number of ether oxygens (including phenoxy) is 2. The molecule has 6 nitrogen and oxygen atoms in total. The minimum absolute atomic E-state index is 0.135. The van der Waals surface area contributed by atoms with E-state index in [9.17, 15) is 9.59 Å². The van der Waals surface area contributed by atoms with Crippen LogP contribution in [0, 0.1) is 5.92 Å². The van der Waals surface area contributed by atoms with Gasteiger partial charge in [-0.15, -0.1) is 0 Å². The molecule has 0 spiro atoms. The highest BCUT2D eigenvalue weighted by molar-refractivity contribution is 5.94. The van der Waals surface area contributed by atoms with Crippen LogP contribution < -0.4 is 10.6 Å². The van der Waals surface area contributed by atoms with Crippen molar-refractivity contribution in [2.24, 2.45) is 5.92 Å². The summed E-state index contributed by atoms with van der Waals surface area (Å²) in [6, 6.07) is 8.90. The van der Waals surface area contributed by atoms with E-state index in [4.69, 9.17) is 9.47 Å². The summed E-state index contributed by atoms with van der Waals surface area (Å²) in [7, 11) is 1.64. The van der Waals surface area contributed by atoms with Crippen LogP contribution in [0.4, 0.5) is 4.79 Å². The normalized spacial score (nSPS) is 12.0. The Hall–Kier alpha value is -1.92. The van der Waals surface area contributed by atoms with Crippen LogP contribution in [0.1, 0.15) is 32.3 Å². The molecule has 24 heavy (non-hydrogen) atoms. The highest BCUT2D eigenvalue weighted by Gasteiger charge is 2.21. The molecule has 0 saturated heterocycles. The first kappa shape index (κ1) is 20.1. The van der Waals surface area contributed by atoms with Crippen molar-refractivity contribution in [3.63, 3.8) is 0 Å². The van der Waals surface area contributed by atoms with Gasteiger partial charge < -0.3 is 14.8 Å². The van der Waals surface area contributed by atoms with Gasteiger partial charge in [0.1, 0.15) is 6.61 Å². The second-order valence-electron chi connectivity index (χ2n) is 6.03. The van der Waals surface area contributed by atoms with Crippen molar-refractivity contribution < 1.29 is 19.1 Å². The first-order chi connectivity index (χ1) is 11.5. The van der Waals surface area contributed by atoms with Crippen LogP contribution in [0.5, 0.6) is 0 Å². The van der Waals surface area contributed by atoms with Crippen LogP contribution in [-0.2, 0) is 20.9 Å². The molecular formula is C18H28N2O4. The molecule has 2 N–H and O–H groups in total. The monoisotopic (exact) mass is 336 g/mol. The zero-order valence-corrected chi connectivity index (χ0v) is 14.7.